The normalized spacial score (nSPS) is 12.4. The van der Waals surface area contributed by atoms with Crippen LogP contribution in [0.1, 0.15) is 31.9 Å². The van der Waals surface area contributed by atoms with Crippen LogP contribution in [0.25, 0.3) is 6.08 Å². The van der Waals surface area contributed by atoms with Crippen molar-refractivity contribution in [1.82, 2.24) is 0 Å². The van der Waals surface area contributed by atoms with Crippen molar-refractivity contribution in [2.45, 2.75) is 39.3 Å². The highest BCUT2D eigenvalue weighted by atomic mass is 28.3. The van der Waals surface area contributed by atoms with Crippen LogP contribution in [0.4, 0.5) is 0 Å². The summed E-state index contributed by atoms with van der Waals surface area (Å²) in [6.07, 6.45) is 3.88. The Kier molecular flexibility index (Phi) is 4.36. The molecule has 0 heterocycles. The van der Waals surface area contributed by atoms with Crippen molar-refractivity contribution in [3.05, 3.63) is 41.7 Å². The Morgan fingerprint density at radius 3 is 2.44 bits per heavy atom. The smallest absolute Gasteiger partial charge is 0.228 e. The zero-order valence-corrected chi connectivity index (χ0v) is 12.1. The van der Waals surface area contributed by atoms with E-state index in [9.17, 15) is 0 Å². The maximum atomic E-state index is 5.53. The van der Waals surface area contributed by atoms with Gasteiger partial charge in [0, 0.05) is 0 Å². The van der Waals surface area contributed by atoms with Gasteiger partial charge >= 0.3 is 0 Å². The zero-order chi connectivity index (χ0) is 12.2. The SMILES string of the molecule is C[SiH](C)OC=Cc1cccc(C(C)(C)C)c1. The summed E-state index contributed by atoms with van der Waals surface area (Å²) in [6.45, 7) is 11.0. The number of hydrogen-bond acceptors (Lipinski definition) is 1. The lowest BCUT2D eigenvalue weighted by Crippen LogP contribution is -2.10. The van der Waals surface area contributed by atoms with E-state index in [2.05, 4.69) is 58.1 Å². The van der Waals surface area contributed by atoms with E-state index in [0.29, 0.717) is 0 Å². The van der Waals surface area contributed by atoms with Crippen LogP contribution >= 0.6 is 0 Å². The van der Waals surface area contributed by atoms with Gasteiger partial charge in [-0.15, -0.1) is 0 Å². The summed E-state index contributed by atoms with van der Waals surface area (Å²) in [5, 5.41) is 0. The first kappa shape index (κ1) is 13.0. The first-order valence-corrected chi connectivity index (χ1v) is 8.60. The van der Waals surface area contributed by atoms with Gasteiger partial charge in [-0.2, -0.15) is 0 Å². The Morgan fingerprint density at radius 1 is 1.19 bits per heavy atom. The van der Waals surface area contributed by atoms with E-state index >= 15 is 0 Å². The molecule has 2 heteroatoms. The highest BCUT2D eigenvalue weighted by molar-refractivity contribution is 6.48. The van der Waals surface area contributed by atoms with Gasteiger partial charge in [0.15, 0.2) is 0 Å². The molecule has 0 spiro atoms. The number of hydrogen-bond donors (Lipinski definition) is 0. The summed E-state index contributed by atoms with van der Waals surface area (Å²) in [6, 6.07) is 8.61. The Hall–Kier alpha value is -1.02. The average Bonchev–Trinajstić information content (AvgIpc) is 2.16. The second-order valence-electron chi connectivity index (χ2n) is 5.36. The maximum absolute atomic E-state index is 5.53. The molecule has 1 aromatic carbocycles. The highest BCUT2D eigenvalue weighted by Crippen LogP contribution is 2.23. The first-order valence-electron chi connectivity index (χ1n) is 5.82. The van der Waals surface area contributed by atoms with Crippen molar-refractivity contribution in [2.75, 3.05) is 0 Å². The minimum atomic E-state index is -0.944. The number of rotatable bonds is 3. The van der Waals surface area contributed by atoms with E-state index in [0.717, 1.165) is 0 Å². The lowest BCUT2D eigenvalue weighted by atomic mass is 9.86. The standard InChI is InChI=1S/C14H22OSi/c1-14(2,3)13-8-6-7-12(11-13)9-10-15-16(4)5/h6-11,16H,1-5H3. The fourth-order valence-corrected chi connectivity index (χ4v) is 1.78. The molecule has 1 nitrogen and oxygen atoms in total. The molecule has 0 saturated carbocycles. The molecule has 88 valence electrons. The van der Waals surface area contributed by atoms with Crippen LogP contribution in [0.5, 0.6) is 0 Å². The van der Waals surface area contributed by atoms with Crippen molar-refractivity contribution in [1.29, 1.82) is 0 Å². The van der Waals surface area contributed by atoms with E-state index < -0.39 is 9.04 Å². The minimum Gasteiger partial charge on any atom is -0.552 e. The Morgan fingerprint density at radius 2 is 1.88 bits per heavy atom. The molecule has 0 aliphatic carbocycles. The summed E-state index contributed by atoms with van der Waals surface area (Å²) < 4.78 is 5.53. The molecule has 1 rings (SSSR count). The predicted octanol–water partition coefficient (Wildman–Crippen LogP) is 3.95. The summed E-state index contributed by atoms with van der Waals surface area (Å²) in [4.78, 5) is 0. The second-order valence-corrected chi connectivity index (χ2v) is 7.73. The van der Waals surface area contributed by atoms with Gasteiger partial charge in [-0.1, -0.05) is 45.0 Å². The molecular formula is C14H22OSi. The van der Waals surface area contributed by atoms with Gasteiger partial charge in [0.1, 0.15) is 0 Å². The summed E-state index contributed by atoms with van der Waals surface area (Å²) >= 11 is 0. The molecule has 0 bridgehead atoms. The van der Waals surface area contributed by atoms with Crippen LogP contribution in [0.15, 0.2) is 30.5 Å². The van der Waals surface area contributed by atoms with E-state index in [1.54, 1.807) is 0 Å². The zero-order valence-electron chi connectivity index (χ0n) is 10.9. The van der Waals surface area contributed by atoms with Gasteiger partial charge in [0.05, 0.1) is 6.26 Å². The summed E-state index contributed by atoms with van der Waals surface area (Å²) in [7, 11) is -0.944. The molecule has 0 saturated heterocycles. The Labute approximate surface area is 101 Å². The molecule has 0 aliphatic heterocycles. The minimum absolute atomic E-state index is 0.206. The third-order valence-electron chi connectivity index (χ3n) is 2.36. The van der Waals surface area contributed by atoms with Crippen LogP contribution in [0.2, 0.25) is 13.1 Å². The van der Waals surface area contributed by atoms with Crippen LogP contribution in [-0.4, -0.2) is 9.04 Å². The fourth-order valence-electron chi connectivity index (χ4n) is 1.38. The lowest BCUT2D eigenvalue weighted by Gasteiger charge is -2.19. The molecule has 0 atom stereocenters. The molecular weight excluding hydrogens is 212 g/mol. The van der Waals surface area contributed by atoms with Crippen molar-refractivity contribution in [3.8, 4) is 0 Å². The quantitative estimate of drug-likeness (QED) is 0.568. The van der Waals surface area contributed by atoms with Gasteiger partial charge in [-0.3, -0.25) is 0 Å². The first-order chi connectivity index (χ1) is 7.39. The largest absolute Gasteiger partial charge is 0.552 e. The molecule has 0 aromatic heterocycles. The third kappa shape index (κ3) is 4.23. The van der Waals surface area contributed by atoms with Gasteiger partial charge < -0.3 is 4.43 Å². The van der Waals surface area contributed by atoms with E-state index in [4.69, 9.17) is 4.43 Å². The van der Waals surface area contributed by atoms with E-state index in [1.165, 1.54) is 11.1 Å². The van der Waals surface area contributed by atoms with Gasteiger partial charge in [0.2, 0.25) is 9.04 Å². The van der Waals surface area contributed by atoms with Crippen molar-refractivity contribution in [2.24, 2.45) is 0 Å². The van der Waals surface area contributed by atoms with Crippen LogP contribution in [0.3, 0.4) is 0 Å². The van der Waals surface area contributed by atoms with Crippen LogP contribution in [0, 0.1) is 0 Å². The fraction of sp³-hybridized carbons (Fsp3) is 0.429. The molecule has 0 amide bonds. The molecule has 1 aromatic rings. The molecule has 0 aliphatic rings. The summed E-state index contributed by atoms with van der Waals surface area (Å²) in [5.41, 5.74) is 2.77. The van der Waals surface area contributed by atoms with Crippen molar-refractivity contribution >= 4 is 15.1 Å². The van der Waals surface area contributed by atoms with Gasteiger partial charge in [0.25, 0.3) is 0 Å². The van der Waals surface area contributed by atoms with Gasteiger partial charge in [-0.05, 0) is 35.7 Å². The van der Waals surface area contributed by atoms with E-state index in [-0.39, 0.29) is 5.41 Å². The number of benzene rings is 1. The van der Waals surface area contributed by atoms with Crippen LogP contribution < -0.4 is 0 Å². The molecule has 0 unspecified atom stereocenters. The third-order valence-corrected chi connectivity index (χ3v) is 3.07. The van der Waals surface area contributed by atoms with Crippen LogP contribution in [-0.2, 0) is 9.84 Å². The second kappa shape index (κ2) is 5.35. The Bertz CT molecular complexity index is 361. The van der Waals surface area contributed by atoms with Crippen molar-refractivity contribution in [3.63, 3.8) is 0 Å². The maximum Gasteiger partial charge on any atom is 0.228 e. The highest BCUT2D eigenvalue weighted by Gasteiger charge is 2.12. The summed E-state index contributed by atoms with van der Waals surface area (Å²) in [5.74, 6) is 0. The average molecular weight is 234 g/mol. The predicted molar refractivity (Wildman–Crippen MR) is 74.1 cm³/mol. The molecule has 0 radical (unpaired) electrons. The lowest BCUT2D eigenvalue weighted by molar-refractivity contribution is 0.505. The molecule has 0 N–H and O–H groups in total. The topological polar surface area (TPSA) is 9.23 Å². The van der Waals surface area contributed by atoms with E-state index in [1.807, 2.05) is 12.3 Å². The molecule has 0 fully saturated rings. The van der Waals surface area contributed by atoms with Crippen molar-refractivity contribution < 1.29 is 4.43 Å². The monoisotopic (exact) mass is 234 g/mol. The Balaban J connectivity index is 2.79. The molecule has 16 heavy (non-hydrogen) atoms. The van der Waals surface area contributed by atoms with Gasteiger partial charge in [-0.25, -0.2) is 0 Å².